The third kappa shape index (κ3) is 4.35. The van der Waals surface area contributed by atoms with Gasteiger partial charge in [0.2, 0.25) is 5.91 Å². The number of pyridine rings is 1. The Balaban J connectivity index is 2.01. The summed E-state index contributed by atoms with van der Waals surface area (Å²) in [5, 5.41) is 2.77. The van der Waals surface area contributed by atoms with Crippen LogP contribution in [0.15, 0.2) is 24.5 Å². The van der Waals surface area contributed by atoms with Gasteiger partial charge in [-0.1, -0.05) is 0 Å². The van der Waals surface area contributed by atoms with Gasteiger partial charge >= 0.3 is 6.09 Å². The van der Waals surface area contributed by atoms with Crippen molar-refractivity contribution in [2.24, 2.45) is 0 Å². The molecule has 2 rings (SSSR count). The van der Waals surface area contributed by atoms with Gasteiger partial charge in [0.25, 0.3) is 0 Å². The van der Waals surface area contributed by atoms with Crippen LogP contribution in [0.3, 0.4) is 0 Å². The predicted octanol–water partition coefficient (Wildman–Crippen LogP) is 2.33. The number of carbonyl (C=O) groups is 2. The van der Waals surface area contributed by atoms with Gasteiger partial charge in [-0.05, 0) is 32.9 Å². The highest BCUT2D eigenvalue weighted by molar-refractivity contribution is 7.99. The van der Waals surface area contributed by atoms with E-state index in [0.29, 0.717) is 17.3 Å². The number of aromatic nitrogens is 1. The molecule has 2 heterocycles. The summed E-state index contributed by atoms with van der Waals surface area (Å²) in [7, 11) is 0. The van der Waals surface area contributed by atoms with Gasteiger partial charge in [-0.25, -0.2) is 4.79 Å². The van der Waals surface area contributed by atoms with Crippen molar-refractivity contribution < 1.29 is 14.3 Å². The zero-order chi connectivity index (χ0) is 15.5. The van der Waals surface area contributed by atoms with Crippen molar-refractivity contribution >= 4 is 29.4 Å². The molecule has 0 radical (unpaired) electrons. The summed E-state index contributed by atoms with van der Waals surface area (Å²) in [5.41, 5.74) is 0.0397. The number of thioether (sulfide) groups is 1. The summed E-state index contributed by atoms with van der Waals surface area (Å²) in [6.45, 7) is 5.41. The fourth-order valence-corrected chi connectivity index (χ4v) is 2.96. The van der Waals surface area contributed by atoms with Crippen LogP contribution in [0.1, 0.15) is 20.8 Å². The van der Waals surface area contributed by atoms with Crippen LogP contribution >= 0.6 is 11.8 Å². The molecule has 21 heavy (non-hydrogen) atoms. The third-order valence-corrected chi connectivity index (χ3v) is 3.75. The lowest BCUT2D eigenvalue weighted by molar-refractivity contribution is -0.120. The average molecular weight is 309 g/mol. The zero-order valence-corrected chi connectivity index (χ0v) is 13.1. The number of hydrogen-bond acceptors (Lipinski definition) is 5. The molecule has 1 aromatic heterocycles. The number of amides is 2. The van der Waals surface area contributed by atoms with Gasteiger partial charge in [-0.15, -0.1) is 11.8 Å². The molecule has 1 atom stereocenters. The molecule has 1 fully saturated rings. The first-order valence-electron chi connectivity index (χ1n) is 6.65. The van der Waals surface area contributed by atoms with Gasteiger partial charge in [-0.2, -0.15) is 0 Å². The van der Waals surface area contributed by atoms with Crippen LogP contribution in [-0.2, 0) is 9.53 Å². The van der Waals surface area contributed by atoms with Gasteiger partial charge < -0.3 is 10.1 Å². The van der Waals surface area contributed by atoms with E-state index < -0.39 is 17.7 Å². The summed E-state index contributed by atoms with van der Waals surface area (Å²) in [4.78, 5) is 29.8. The van der Waals surface area contributed by atoms with Crippen molar-refractivity contribution in [3.8, 4) is 0 Å². The Morgan fingerprint density at radius 3 is 2.86 bits per heavy atom. The number of carbonyl (C=O) groups excluding carboxylic acids is 2. The lowest BCUT2D eigenvalue weighted by atomic mass is 10.2. The molecule has 1 aliphatic rings. The maximum Gasteiger partial charge on any atom is 0.411 e. The minimum atomic E-state index is -0.575. The Hall–Kier alpha value is -1.76. The number of anilines is 1. The predicted molar refractivity (Wildman–Crippen MR) is 82.1 cm³/mol. The Labute approximate surface area is 128 Å². The molecule has 1 aromatic rings. The zero-order valence-electron chi connectivity index (χ0n) is 12.3. The van der Waals surface area contributed by atoms with Crippen LogP contribution in [0, 0.1) is 0 Å². The van der Waals surface area contributed by atoms with Crippen molar-refractivity contribution in [1.82, 2.24) is 9.88 Å². The molecule has 0 bridgehead atoms. The van der Waals surface area contributed by atoms with E-state index in [1.54, 1.807) is 45.3 Å². The second-order valence-electron chi connectivity index (χ2n) is 5.70. The SMILES string of the molecule is CC(C)(C)OC(=O)N1CSCC1C(=O)Nc1cccnc1. The topological polar surface area (TPSA) is 71.5 Å². The van der Waals surface area contributed by atoms with Gasteiger partial charge in [0, 0.05) is 11.9 Å². The van der Waals surface area contributed by atoms with E-state index in [-0.39, 0.29) is 5.91 Å². The number of ether oxygens (including phenoxy) is 1. The molecule has 0 spiro atoms. The van der Waals surface area contributed by atoms with Crippen LogP contribution in [-0.4, -0.2) is 45.2 Å². The minimum absolute atomic E-state index is 0.223. The summed E-state index contributed by atoms with van der Waals surface area (Å²) in [6.07, 6.45) is 2.74. The largest absolute Gasteiger partial charge is 0.444 e. The van der Waals surface area contributed by atoms with E-state index in [9.17, 15) is 9.59 Å². The highest BCUT2D eigenvalue weighted by atomic mass is 32.2. The molecule has 2 amide bonds. The molecule has 1 saturated heterocycles. The third-order valence-electron chi connectivity index (χ3n) is 2.74. The van der Waals surface area contributed by atoms with Gasteiger partial charge in [0.05, 0.1) is 17.8 Å². The lowest BCUT2D eigenvalue weighted by Gasteiger charge is -2.27. The maximum absolute atomic E-state index is 12.3. The van der Waals surface area contributed by atoms with Crippen molar-refractivity contribution in [3.05, 3.63) is 24.5 Å². The molecule has 0 saturated carbocycles. The van der Waals surface area contributed by atoms with Gasteiger partial charge in [0.15, 0.2) is 0 Å². The quantitative estimate of drug-likeness (QED) is 0.908. The fourth-order valence-electron chi connectivity index (χ4n) is 1.82. The molecular weight excluding hydrogens is 290 g/mol. The van der Waals surface area contributed by atoms with Crippen molar-refractivity contribution in [2.75, 3.05) is 16.9 Å². The molecular formula is C14H19N3O3S. The van der Waals surface area contributed by atoms with Gasteiger partial charge in [-0.3, -0.25) is 14.7 Å². The molecule has 1 unspecified atom stereocenters. The molecule has 0 aliphatic carbocycles. The second kappa shape index (κ2) is 6.34. The van der Waals surface area contributed by atoms with Crippen LogP contribution in [0.25, 0.3) is 0 Å². The van der Waals surface area contributed by atoms with Crippen molar-refractivity contribution in [3.63, 3.8) is 0 Å². The van der Waals surface area contributed by atoms with Crippen LogP contribution in [0.2, 0.25) is 0 Å². The average Bonchev–Trinajstić information content (AvgIpc) is 2.87. The van der Waals surface area contributed by atoms with E-state index in [1.807, 2.05) is 0 Å². The fraction of sp³-hybridized carbons (Fsp3) is 0.500. The Morgan fingerprint density at radius 2 is 2.24 bits per heavy atom. The molecule has 7 heteroatoms. The standard InChI is InChI=1S/C14H19N3O3S/c1-14(2,3)20-13(19)17-9-21-8-11(17)12(18)16-10-5-4-6-15-7-10/h4-7,11H,8-9H2,1-3H3,(H,16,18). The first-order chi connectivity index (χ1) is 9.87. The Kier molecular flexibility index (Phi) is 4.72. The van der Waals surface area contributed by atoms with E-state index in [4.69, 9.17) is 4.74 Å². The summed E-state index contributed by atoms with van der Waals surface area (Å²) < 4.78 is 5.33. The first kappa shape index (κ1) is 15.6. The normalized spacial score (nSPS) is 18.4. The van der Waals surface area contributed by atoms with E-state index >= 15 is 0 Å². The highest BCUT2D eigenvalue weighted by Gasteiger charge is 2.37. The summed E-state index contributed by atoms with van der Waals surface area (Å²) in [6, 6.07) is 2.97. The van der Waals surface area contributed by atoms with Crippen LogP contribution < -0.4 is 5.32 Å². The number of nitrogens with one attached hydrogen (secondary N) is 1. The van der Waals surface area contributed by atoms with Crippen LogP contribution in [0.4, 0.5) is 10.5 Å². The van der Waals surface area contributed by atoms with Crippen molar-refractivity contribution in [2.45, 2.75) is 32.4 Å². The van der Waals surface area contributed by atoms with E-state index in [2.05, 4.69) is 10.3 Å². The van der Waals surface area contributed by atoms with Gasteiger partial charge in [0.1, 0.15) is 11.6 Å². The van der Waals surface area contributed by atoms with Crippen LogP contribution in [0.5, 0.6) is 0 Å². The minimum Gasteiger partial charge on any atom is -0.444 e. The lowest BCUT2D eigenvalue weighted by Crippen LogP contribution is -2.46. The molecule has 0 aromatic carbocycles. The smallest absolute Gasteiger partial charge is 0.411 e. The number of nitrogens with zero attached hydrogens (tertiary/aromatic N) is 2. The molecule has 1 N–H and O–H groups in total. The first-order valence-corrected chi connectivity index (χ1v) is 7.80. The number of rotatable bonds is 2. The number of hydrogen-bond donors (Lipinski definition) is 1. The monoisotopic (exact) mass is 309 g/mol. The summed E-state index contributed by atoms with van der Waals surface area (Å²) in [5.74, 6) is 0.796. The molecule has 1 aliphatic heterocycles. The second-order valence-corrected chi connectivity index (χ2v) is 6.70. The molecule has 6 nitrogen and oxygen atoms in total. The molecule has 114 valence electrons. The summed E-state index contributed by atoms with van der Waals surface area (Å²) >= 11 is 1.53. The highest BCUT2D eigenvalue weighted by Crippen LogP contribution is 2.24. The van der Waals surface area contributed by atoms with E-state index in [0.717, 1.165) is 0 Å². The maximum atomic E-state index is 12.3. The Bertz CT molecular complexity index is 516. The van der Waals surface area contributed by atoms with E-state index in [1.165, 1.54) is 16.7 Å². The Morgan fingerprint density at radius 1 is 1.48 bits per heavy atom. The van der Waals surface area contributed by atoms with Crippen molar-refractivity contribution in [1.29, 1.82) is 0 Å².